The van der Waals surface area contributed by atoms with Gasteiger partial charge in [-0.1, -0.05) is 243 Å². The summed E-state index contributed by atoms with van der Waals surface area (Å²) < 4.78 is 36.3. The van der Waals surface area contributed by atoms with E-state index in [9.17, 15) is 0 Å². The lowest BCUT2D eigenvalue weighted by molar-refractivity contribution is 0.462. The van der Waals surface area contributed by atoms with Crippen LogP contribution in [0.25, 0.3) is 0 Å². The van der Waals surface area contributed by atoms with E-state index in [0.29, 0.717) is 0 Å². The van der Waals surface area contributed by atoms with Crippen LogP contribution in [-0.4, -0.2) is 0 Å². The summed E-state index contributed by atoms with van der Waals surface area (Å²) in [6, 6.07) is 96.0. The number of nitrogen functional groups attached to an aromatic ring is 6. The van der Waals surface area contributed by atoms with E-state index in [2.05, 4.69) is 187 Å². The van der Waals surface area contributed by atoms with Crippen molar-refractivity contribution in [3.8, 4) is 69.0 Å². The molecule has 12 N–H and O–H groups in total. The van der Waals surface area contributed by atoms with Crippen molar-refractivity contribution in [3.63, 3.8) is 0 Å². The monoisotopic (exact) mass is 1550 g/mol. The van der Waals surface area contributed by atoms with Crippen LogP contribution < -0.4 is 62.8 Å². The lowest BCUT2D eigenvalue weighted by Gasteiger charge is -2.31. The fraction of sp³-hybridized carbons (Fsp3) is 0.308. The lowest BCUT2D eigenvalue weighted by Crippen LogP contribution is -2.23. The van der Waals surface area contributed by atoms with E-state index in [1.54, 1.807) is 0 Å². The Morgan fingerprint density at radius 1 is 0.164 bits per heavy atom. The smallest absolute Gasteiger partial charge is 0.127 e. The SMILES string of the molecule is CCCCCCCC(C)(c1ccc(Oc2ccc(N)cc2)cc1)c1ccc(Oc2ccc(N)cc2)cc1.CCCCCCCCC(C)(c1ccc(Oc2ccc(N)cc2)cc1)c1ccc(Oc2ccc(N)cc2)cc1.CCCCCCCCCCCC(C)(c1ccc(Oc2ccc(N)cc2)cc1)c1ccc(Oc2ccc(N)cc2)cc1. The normalized spacial score (nSPS) is 11.3. The first-order valence-corrected chi connectivity index (χ1v) is 42.2. The molecule has 12 heteroatoms. The number of hydrogen-bond donors (Lipinski definition) is 6. The Hall–Kier alpha value is -11.8. The van der Waals surface area contributed by atoms with Gasteiger partial charge in [-0.25, -0.2) is 0 Å². The maximum Gasteiger partial charge on any atom is 0.127 e. The third-order valence-corrected chi connectivity index (χ3v) is 22.2. The molecule has 12 aromatic carbocycles. The first-order valence-electron chi connectivity index (χ1n) is 42.2. The molecule has 0 aliphatic carbocycles. The molecular weight excluding hydrogens is 1430 g/mol. The molecule has 606 valence electrons. The largest absolute Gasteiger partial charge is 0.457 e. The van der Waals surface area contributed by atoms with E-state index < -0.39 is 0 Å². The molecule has 0 unspecified atom stereocenters. The Morgan fingerprint density at radius 3 is 0.405 bits per heavy atom. The Balaban J connectivity index is 0.000000184. The van der Waals surface area contributed by atoms with Crippen LogP contribution in [0.15, 0.2) is 291 Å². The van der Waals surface area contributed by atoms with E-state index in [-0.39, 0.29) is 16.2 Å². The molecule has 12 rings (SSSR count). The number of unbranched alkanes of at least 4 members (excludes halogenated alkanes) is 17. The van der Waals surface area contributed by atoms with E-state index in [1.807, 2.05) is 146 Å². The molecule has 0 fully saturated rings. The first-order chi connectivity index (χ1) is 56.4. The zero-order valence-electron chi connectivity index (χ0n) is 69.4. The number of benzene rings is 12. The second-order valence-electron chi connectivity index (χ2n) is 31.4. The van der Waals surface area contributed by atoms with Gasteiger partial charge in [0.05, 0.1) is 0 Å². The Labute approximate surface area is 691 Å². The van der Waals surface area contributed by atoms with Crippen molar-refractivity contribution in [1.29, 1.82) is 0 Å². The first kappa shape index (κ1) is 86.6. The quantitative estimate of drug-likeness (QED) is 0.0156. The summed E-state index contributed by atoms with van der Waals surface area (Å²) in [5.74, 6) is 9.54. The van der Waals surface area contributed by atoms with Gasteiger partial charge in [-0.15, -0.1) is 0 Å². The number of anilines is 6. The average molecular weight is 1550 g/mol. The summed E-state index contributed by atoms with van der Waals surface area (Å²) in [5.41, 5.74) is 46.5. The van der Waals surface area contributed by atoms with Crippen LogP contribution >= 0.6 is 0 Å². The molecule has 0 aliphatic rings. The number of nitrogens with two attached hydrogens (primary N) is 6. The van der Waals surface area contributed by atoms with Crippen LogP contribution in [0, 0.1) is 0 Å². The summed E-state index contributed by atoms with van der Waals surface area (Å²) in [5, 5.41) is 0. The minimum atomic E-state index is -0.124. The van der Waals surface area contributed by atoms with Crippen LogP contribution in [0.2, 0.25) is 0 Å². The highest BCUT2D eigenvalue weighted by Crippen LogP contribution is 2.44. The molecule has 12 nitrogen and oxygen atoms in total. The van der Waals surface area contributed by atoms with Gasteiger partial charge in [0.2, 0.25) is 0 Å². The van der Waals surface area contributed by atoms with Gasteiger partial charge in [0.15, 0.2) is 0 Å². The topological polar surface area (TPSA) is 212 Å². The van der Waals surface area contributed by atoms with Crippen molar-refractivity contribution in [2.24, 2.45) is 0 Å². The summed E-state index contributed by atoms with van der Waals surface area (Å²) >= 11 is 0. The van der Waals surface area contributed by atoms with E-state index in [0.717, 1.165) is 122 Å². The average Bonchev–Trinajstić information content (AvgIpc) is 0.797. The molecule has 12 aromatic rings. The lowest BCUT2D eigenvalue weighted by atomic mass is 9.72. The van der Waals surface area contributed by atoms with Gasteiger partial charge in [-0.3, -0.25) is 0 Å². The van der Waals surface area contributed by atoms with E-state index >= 15 is 0 Å². The van der Waals surface area contributed by atoms with E-state index in [4.69, 9.17) is 62.8 Å². The second-order valence-corrected chi connectivity index (χ2v) is 31.4. The zero-order valence-corrected chi connectivity index (χ0v) is 69.4. The van der Waals surface area contributed by atoms with Crippen molar-refractivity contribution < 1.29 is 28.4 Å². The molecule has 0 aromatic heterocycles. The molecule has 0 spiro atoms. The van der Waals surface area contributed by atoms with Gasteiger partial charge in [0.25, 0.3) is 0 Å². The summed E-state index contributed by atoms with van der Waals surface area (Å²) in [6.07, 6.45) is 29.1. The second kappa shape index (κ2) is 44.8. The van der Waals surface area contributed by atoms with Crippen LogP contribution in [0.3, 0.4) is 0 Å². The fourth-order valence-corrected chi connectivity index (χ4v) is 14.9. The summed E-state index contributed by atoms with van der Waals surface area (Å²) in [4.78, 5) is 0. The fourth-order valence-electron chi connectivity index (χ4n) is 14.9. The molecule has 0 heterocycles. The summed E-state index contributed by atoms with van der Waals surface area (Å²) in [6.45, 7) is 13.9. The van der Waals surface area contributed by atoms with Gasteiger partial charge in [0, 0.05) is 50.4 Å². The Morgan fingerprint density at radius 2 is 0.276 bits per heavy atom. The molecule has 0 aliphatic heterocycles. The zero-order chi connectivity index (χ0) is 81.8. The predicted octanol–water partition coefficient (Wildman–Crippen LogP) is 29.3. The third-order valence-electron chi connectivity index (χ3n) is 22.2. The highest BCUT2D eigenvalue weighted by molar-refractivity contribution is 5.52. The van der Waals surface area contributed by atoms with Crippen LogP contribution in [0.4, 0.5) is 34.1 Å². The van der Waals surface area contributed by atoms with Gasteiger partial charge in [0.1, 0.15) is 69.0 Å². The van der Waals surface area contributed by atoms with Crippen LogP contribution in [0.1, 0.15) is 223 Å². The Bertz CT molecular complexity index is 4480. The van der Waals surface area contributed by atoms with Gasteiger partial charge < -0.3 is 62.8 Å². The predicted molar refractivity (Wildman–Crippen MR) is 487 cm³/mol. The number of ether oxygens (including phenoxy) is 6. The molecule has 116 heavy (non-hydrogen) atoms. The summed E-state index contributed by atoms with van der Waals surface area (Å²) in [7, 11) is 0. The van der Waals surface area contributed by atoms with Gasteiger partial charge >= 0.3 is 0 Å². The van der Waals surface area contributed by atoms with Crippen LogP contribution in [-0.2, 0) is 16.2 Å². The molecule has 0 amide bonds. The number of hydrogen-bond acceptors (Lipinski definition) is 12. The molecular formula is C104H124N6O6. The van der Waals surface area contributed by atoms with Gasteiger partial charge in [-0.05, 0) is 271 Å². The minimum Gasteiger partial charge on any atom is -0.457 e. The van der Waals surface area contributed by atoms with E-state index in [1.165, 1.54) is 162 Å². The standard InChI is InChI=1S/C37H46N2O2.C34H40N2O2.C33H38N2O2/c1-3-4-5-6-7-8-9-10-11-28-37(2,29-12-20-33(21-13-29)40-35-24-16-31(38)17-25-35)30-14-22-34(23-15-30)41-36-26-18-32(39)19-27-36;1-3-4-5-6-7-8-25-34(2,26-9-17-30(18-10-26)37-32-21-13-28(35)14-22-32)27-11-19-31(20-12-27)38-33-23-15-29(36)16-24-33;1-3-4-5-6-7-24-33(2,25-8-16-29(17-9-25)36-31-20-12-27(34)13-21-31)26-10-18-30(19-11-26)37-32-22-14-28(35)15-23-32/h12-27H,3-11,28,38-39H2,1-2H3;9-24H,3-8,25,35-36H2,1-2H3;8-23H,3-7,24,34-35H2,1-2H3. The molecule has 0 atom stereocenters. The molecule has 0 bridgehead atoms. The van der Waals surface area contributed by atoms with Crippen molar-refractivity contribution in [3.05, 3.63) is 325 Å². The maximum absolute atomic E-state index is 6.07. The Kier molecular flexibility index (Phi) is 33.4. The van der Waals surface area contributed by atoms with Crippen molar-refractivity contribution in [2.45, 2.75) is 205 Å². The molecule has 0 saturated carbocycles. The van der Waals surface area contributed by atoms with Crippen molar-refractivity contribution in [1.82, 2.24) is 0 Å². The molecule has 0 saturated heterocycles. The van der Waals surface area contributed by atoms with Gasteiger partial charge in [-0.2, -0.15) is 0 Å². The minimum absolute atomic E-state index is 0.119. The third kappa shape index (κ3) is 26.9. The highest BCUT2D eigenvalue weighted by atomic mass is 16.5. The molecule has 0 radical (unpaired) electrons. The maximum atomic E-state index is 6.07. The van der Waals surface area contributed by atoms with Crippen molar-refractivity contribution >= 4 is 34.1 Å². The number of rotatable bonds is 41. The van der Waals surface area contributed by atoms with Crippen molar-refractivity contribution in [2.75, 3.05) is 34.4 Å². The van der Waals surface area contributed by atoms with Crippen LogP contribution in [0.5, 0.6) is 69.0 Å². The highest BCUT2D eigenvalue weighted by Gasteiger charge is 2.32.